The Bertz CT molecular complexity index is 3280. The summed E-state index contributed by atoms with van der Waals surface area (Å²) in [6, 6.07) is 21.6. The summed E-state index contributed by atoms with van der Waals surface area (Å²) in [5.74, 6) is 1.27. The van der Waals surface area contributed by atoms with Crippen LogP contribution in [0, 0.1) is 0 Å². The zero-order valence-corrected chi connectivity index (χ0v) is 57.3. The van der Waals surface area contributed by atoms with E-state index in [2.05, 4.69) is 51.7 Å². The number of hydrogen-bond acceptors (Lipinski definition) is 14. The number of hydrogen-bond donors (Lipinski definition) is 8. The van der Waals surface area contributed by atoms with Gasteiger partial charge in [0.05, 0.1) is 48.9 Å². The van der Waals surface area contributed by atoms with Gasteiger partial charge in [0.25, 0.3) is 22.5 Å². The lowest BCUT2D eigenvalue weighted by Gasteiger charge is -2.38. The number of anilines is 2. The standard InChI is InChI=1S/C64H86Cl4N16O8S2/c65-43-31-55-53(57(67)33-43)35-59(79-25-11-13-45(69)39-79)61(55)91-51-19-15-49(16-20-51)83(93(87)88)29-9-3-1-7-27-81-41-47(75-77-81)37-73-63(85)71-23-5-6-24-72-64(86)74-38-48-42-82(78-76-48)28-8-2-4-10-30-84(94(89)90)50-17-21-52(22-18-50)92-62-56-32-44(66)34-58(68)54(56)36-60(62)80-26-12-14-46(70)40-80/h15-22,31-34,41-42,45-46,59-62H,1-14,23-30,35-40,69-70H2,(H,87,88)(H,89,90)(H2,71,73,85)(H2,72,74,86)/t45-,46-,59+,60+,61+,62+/m1/s1. The quantitative estimate of drug-likeness (QED) is 0.0140. The minimum Gasteiger partial charge on any atom is -0.484 e. The highest BCUT2D eigenvalue weighted by atomic mass is 35.5. The summed E-state index contributed by atoms with van der Waals surface area (Å²) < 4.78 is 65.2. The van der Waals surface area contributed by atoms with Crippen LogP contribution >= 0.6 is 46.4 Å². The normalized spacial score (nSPS) is 20.3. The summed E-state index contributed by atoms with van der Waals surface area (Å²) in [7, 11) is 0. The van der Waals surface area contributed by atoms with Crippen LogP contribution in [0.5, 0.6) is 11.5 Å². The Morgan fingerprint density at radius 2 is 0.968 bits per heavy atom. The van der Waals surface area contributed by atoms with E-state index >= 15 is 0 Å². The number of amides is 4. The number of urea groups is 2. The molecule has 0 radical (unpaired) electrons. The van der Waals surface area contributed by atoms with Crippen LogP contribution in [0.15, 0.2) is 85.2 Å². The molecule has 4 aliphatic rings. The number of halogens is 4. The highest BCUT2D eigenvalue weighted by Crippen LogP contribution is 2.45. The maximum Gasteiger partial charge on any atom is 0.315 e. The van der Waals surface area contributed by atoms with E-state index < -0.39 is 22.5 Å². The molecule has 8 atom stereocenters. The predicted octanol–water partition coefficient (Wildman–Crippen LogP) is 9.91. The van der Waals surface area contributed by atoms with Gasteiger partial charge in [0.15, 0.2) is 0 Å². The van der Waals surface area contributed by atoms with E-state index in [1.807, 2.05) is 36.4 Å². The number of nitrogens with one attached hydrogen (secondary N) is 4. The second-order valence-electron chi connectivity index (χ2n) is 24.7. The zero-order chi connectivity index (χ0) is 66.1. The van der Waals surface area contributed by atoms with Crippen molar-refractivity contribution in [2.75, 3.05) is 61.0 Å². The van der Waals surface area contributed by atoms with Crippen LogP contribution in [0.1, 0.15) is 136 Å². The maximum absolute atomic E-state index is 12.5. The van der Waals surface area contributed by atoms with Gasteiger partial charge in [-0.1, -0.05) is 82.5 Å². The largest absolute Gasteiger partial charge is 0.484 e. The zero-order valence-electron chi connectivity index (χ0n) is 52.6. The molecule has 4 heterocycles. The van der Waals surface area contributed by atoms with E-state index in [-0.39, 0.29) is 61.5 Å². The van der Waals surface area contributed by atoms with Gasteiger partial charge in [0, 0.05) is 95.7 Å². The Kier molecular flexibility index (Phi) is 26.3. The molecule has 2 unspecified atom stereocenters. The molecule has 2 fully saturated rings. The van der Waals surface area contributed by atoms with Gasteiger partial charge in [-0.25, -0.2) is 18.0 Å². The van der Waals surface area contributed by atoms with E-state index in [0.717, 1.165) is 125 Å². The lowest BCUT2D eigenvalue weighted by molar-refractivity contribution is 0.0593. The molecule has 4 amide bonds. The molecule has 0 spiro atoms. The first-order valence-corrected chi connectivity index (χ1v) is 36.2. The summed E-state index contributed by atoms with van der Waals surface area (Å²) in [5, 5.41) is 30.4. The molecule has 24 nitrogen and oxygen atoms in total. The van der Waals surface area contributed by atoms with Crippen LogP contribution in [0.2, 0.25) is 20.1 Å². The minimum atomic E-state index is -2.22. The third-order valence-electron chi connectivity index (χ3n) is 17.8. The van der Waals surface area contributed by atoms with Crippen molar-refractivity contribution in [3.8, 4) is 11.5 Å². The molecule has 30 heteroatoms. The van der Waals surface area contributed by atoms with Crippen molar-refractivity contribution >= 4 is 92.4 Å². The van der Waals surface area contributed by atoms with E-state index in [0.29, 0.717) is 119 Å². The highest BCUT2D eigenvalue weighted by molar-refractivity contribution is 7.81. The number of carbonyl (C=O) groups excluding carboxylic acids is 2. The van der Waals surface area contributed by atoms with Gasteiger partial charge in [-0.15, -0.1) is 10.2 Å². The van der Waals surface area contributed by atoms with Crippen molar-refractivity contribution in [1.82, 2.24) is 61.1 Å². The molecule has 10 rings (SSSR count). The fourth-order valence-corrected chi connectivity index (χ4v) is 15.4. The third kappa shape index (κ3) is 19.9. The SMILES string of the molecule is N[C@@H]1CCCN([C@H]2Cc3c(Cl)cc(Cl)cc3[C@@H]2Oc2ccc(N(CCCCCCn3cc(CNC(=O)NCCCCNC(=O)NCc4cn(CCCCCCN(c5ccc(O[C@H]6c7cc(Cl)cc(Cl)c7C[C@@H]6N6CCC[C@@H](N)C6)cc5)S(=O)O)nn4)nn3)S(=O)O)cc2)C1. The summed E-state index contributed by atoms with van der Waals surface area (Å²) in [6.07, 6.45) is 16.3. The summed E-state index contributed by atoms with van der Waals surface area (Å²) >= 11 is 21.9. The average molecular weight is 1410 g/mol. The van der Waals surface area contributed by atoms with Gasteiger partial charge in [0.1, 0.15) is 35.1 Å². The number of unbranched alkanes of at least 4 members (excludes halogenated alkanes) is 7. The Morgan fingerprint density at radius 1 is 0.564 bits per heavy atom. The van der Waals surface area contributed by atoms with Crippen LogP contribution in [-0.4, -0.2) is 146 Å². The van der Waals surface area contributed by atoms with Gasteiger partial charge < -0.3 is 42.2 Å². The molecule has 6 aromatic rings. The molecule has 2 aromatic heterocycles. The number of ether oxygens (including phenoxy) is 2. The van der Waals surface area contributed by atoms with E-state index in [1.165, 1.54) is 8.61 Å². The van der Waals surface area contributed by atoms with Crippen molar-refractivity contribution < 1.29 is 36.6 Å². The molecule has 2 aliphatic carbocycles. The molecule has 10 N–H and O–H groups in total. The van der Waals surface area contributed by atoms with Crippen LogP contribution in [0.25, 0.3) is 0 Å². The maximum atomic E-state index is 12.5. The topological polar surface area (TPSA) is 302 Å². The first-order valence-electron chi connectivity index (χ1n) is 32.6. The summed E-state index contributed by atoms with van der Waals surface area (Å²) in [4.78, 5) is 29.8. The van der Waals surface area contributed by atoms with Gasteiger partial charge in [-0.3, -0.25) is 36.9 Å². The van der Waals surface area contributed by atoms with Gasteiger partial charge in [-0.05, 0) is 174 Å². The van der Waals surface area contributed by atoms with Gasteiger partial charge in [0.2, 0.25) is 0 Å². The lowest BCUT2D eigenvalue weighted by atomic mass is 10.0. The number of fused-ring (bicyclic) bond motifs is 2. The van der Waals surface area contributed by atoms with Crippen molar-refractivity contribution in [1.29, 1.82) is 0 Å². The third-order valence-corrected chi connectivity index (χ3v) is 20.5. The summed E-state index contributed by atoms with van der Waals surface area (Å²) in [6.45, 7) is 6.76. The Balaban J connectivity index is 0.538. The number of nitrogens with two attached hydrogens (primary N) is 2. The molecule has 4 aromatic carbocycles. The smallest absolute Gasteiger partial charge is 0.315 e. The number of rotatable bonds is 33. The van der Waals surface area contributed by atoms with Crippen molar-refractivity contribution in [3.63, 3.8) is 0 Å². The van der Waals surface area contributed by atoms with Crippen LogP contribution in [0.4, 0.5) is 21.0 Å². The van der Waals surface area contributed by atoms with E-state index in [4.69, 9.17) is 67.3 Å². The molecular formula is C64H86Cl4N16O8S2. The molecule has 0 saturated carbocycles. The van der Waals surface area contributed by atoms with E-state index in [1.54, 1.807) is 58.2 Å². The number of piperidine rings is 2. The van der Waals surface area contributed by atoms with Crippen LogP contribution in [0.3, 0.4) is 0 Å². The molecular weight excluding hydrogens is 1330 g/mol. The summed E-state index contributed by atoms with van der Waals surface area (Å²) in [5.41, 5.74) is 19.3. The molecule has 2 aliphatic heterocycles. The van der Waals surface area contributed by atoms with E-state index in [9.17, 15) is 27.1 Å². The molecule has 94 heavy (non-hydrogen) atoms. The number of likely N-dealkylation sites (tertiary alicyclic amines) is 2. The second-order valence-corrected chi connectivity index (χ2v) is 28.2. The van der Waals surface area contributed by atoms with Crippen molar-refractivity contribution in [3.05, 3.63) is 139 Å². The minimum absolute atomic E-state index is 0.0481. The fourth-order valence-electron chi connectivity index (χ4n) is 13.1. The number of benzene rings is 4. The Hall–Kier alpha value is -5.88. The average Bonchev–Trinajstić information content (AvgIpc) is 1.62. The molecule has 510 valence electrons. The van der Waals surface area contributed by atoms with Crippen LogP contribution in [-0.2, 0) is 61.6 Å². The monoisotopic (exact) mass is 1410 g/mol. The highest BCUT2D eigenvalue weighted by Gasteiger charge is 2.42. The number of nitrogens with zero attached hydrogens (tertiary/aromatic N) is 10. The fraction of sp³-hybridized carbons (Fsp3) is 0.531. The molecule has 0 bridgehead atoms. The van der Waals surface area contributed by atoms with Gasteiger partial charge in [-0.2, -0.15) is 0 Å². The molecule has 2 saturated heterocycles. The number of carbonyl (C=O) groups is 2. The first-order chi connectivity index (χ1) is 45.5. The predicted molar refractivity (Wildman–Crippen MR) is 368 cm³/mol. The Labute approximate surface area is 574 Å². The van der Waals surface area contributed by atoms with Gasteiger partial charge >= 0.3 is 12.1 Å². The van der Waals surface area contributed by atoms with Crippen LogP contribution < -0.4 is 50.8 Å². The Morgan fingerprint density at radius 3 is 1.36 bits per heavy atom. The number of aromatic nitrogens is 6. The lowest BCUT2D eigenvalue weighted by Crippen LogP contribution is -2.49. The van der Waals surface area contributed by atoms with Crippen molar-refractivity contribution in [2.45, 2.75) is 165 Å². The first kappa shape index (κ1) is 70.9. The second kappa shape index (κ2) is 34.9. The number of aryl methyl sites for hydroxylation is 2. The van der Waals surface area contributed by atoms with Crippen molar-refractivity contribution in [2.24, 2.45) is 11.5 Å².